The molecule has 34 heavy (non-hydrogen) atoms. The number of aromatic amines is 1. The molecule has 4 rings (SSSR count). The molecule has 0 radical (unpaired) electrons. The van der Waals surface area contributed by atoms with Crippen LogP contribution < -0.4 is 5.32 Å². The highest BCUT2D eigenvalue weighted by Gasteiger charge is 2.34. The highest BCUT2D eigenvalue weighted by Crippen LogP contribution is 2.26. The SMILES string of the molecule is COCCCCn1c(C(=O)N(CC(C)C)[C@@H]2CNC[C@H](c3ncn[nH]3)C2)nc2cc(F)ccc21. The molecule has 1 fully saturated rings. The molecule has 3 aromatic rings. The van der Waals surface area contributed by atoms with Crippen LogP contribution >= 0.6 is 0 Å². The fourth-order valence-electron chi connectivity index (χ4n) is 4.71. The minimum atomic E-state index is -0.360. The molecule has 0 spiro atoms. The van der Waals surface area contributed by atoms with Crippen molar-refractivity contribution in [2.75, 3.05) is 33.4 Å². The van der Waals surface area contributed by atoms with Crippen LogP contribution in [0.2, 0.25) is 0 Å². The van der Waals surface area contributed by atoms with Gasteiger partial charge in [-0.25, -0.2) is 14.4 Å². The van der Waals surface area contributed by atoms with Gasteiger partial charge in [0.2, 0.25) is 0 Å². The van der Waals surface area contributed by atoms with Gasteiger partial charge < -0.3 is 19.5 Å². The molecule has 1 saturated heterocycles. The number of halogens is 1. The molecule has 1 aromatic carbocycles. The first-order chi connectivity index (χ1) is 16.5. The number of imidazole rings is 1. The molecule has 0 bridgehead atoms. The number of nitrogens with one attached hydrogen (secondary N) is 2. The van der Waals surface area contributed by atoms with Crippen molar-refractivity contribution >= 4 is 16.9 Å². The van der Waals surface area contributed by atoms with Crippen LogP contribution in [0.15, 0.2) is 24.5 Å². The number of unbranched alkanes of at least 4 members (excludes halogenated alkanes) is 1. The molecule has 10 heteroatoms. The molecule has 2 atom stereocenters. The van der Waals surface area contributed by atoms with Gasteiger partial charge in [-0.05, 0) is 37.3 Å². The molecule has 0 saturated carbocycles. The van der Waals surface area contributed by atoms with Gasteiger partial charge in [-0.3, -0.25) is 9.89 Å². The number of H-pyrrole nitrogens is 1. The molecule has 9 nitrogen and oxygen atoms in total. The number of carbonyl (C=O) groups is 1. The number of amides is 1. The zero-order chi connectivity index (χ0) is 24.1. The van der Waals surface area contributed by atoms with Crippen LogP contribution in [0, 0.1) is 11.7 Å². The summed E-state index contributed by atoms with van der Waals surface area (Å²) in [5.41, 5.74) is 1.27. The molecule has 1 amide bonds. The zero-order valence-corrected chi connectivity index (χ0v) is 20.1. The van der Waals surface area contributed by atoms with Crippen LogP contribution in [0.4, 0.5) is 4.39 Å². The predicted molar refractivity (Wildman–Crippen MR) is 127 cm³/mol. The van der Waals surface area contributed by atoms with Crippen LogP contribution in [0.25, 0.3) is 11.0 Å². The number of ether oxygens (including phenoxy) is 1. The number of aryl methyl sites for hydroxylation is 1. The van der Waals surface area contributed by atoms with E-state index in [0.29, 0.717) is 37.6 Å². The van der Waals surface area contributed by atoms with E-state index in [0.717, 1.165) is 37.1 Å². The first-order valence-electron chi connectivity index (χ1n) is 12.0. The number of hydrogen-bond acceptors (Lipinski definition) is 6. The highest BCUT2D eigenvalue weighted by molar-refractivity contribution is 5.95. The Balaban J connectivity index is 1.64. The van der Waals surface area contributed by atoms with Gasteiger partial charge in [0.15, 0.2) is 5.82 Å². The topological polar surface area (TPSA) is 101 Å². The van der Waals surface area contributed by atoms with Crippen LogP contribution in [0.5, 0.6) is 0 Å². The van der Waals surface area contributed by atoms with E-state index in [-0.39, 0.29) is 29.6 Å². The first-order valence-corrected chi connectivity index (χ1v) is 12.0. The number of aromatic nitrogens is 5. The van der Waals surface area contributed by atoms with Crippen LogP contribution in [-0.4, -0.2) is 74.9 Å². The second-order valence-corrected chi connectivity index (χ2v) is 9.39. The summed E-state index contributed by atoms with van der Waals surface area (Å²) in [6.45, 7) is 7.57. The monoisotopic (exact) mass is 471 g/mol. The average Bonchev–Trinajstić information content (AvgIpc) is 3.48. The van der Waals surface area contributed by atoms with Gasteiger partial charge in [0, 0.05) is 57.9 Å². The number of methoxy groups -OCH3 is 1. The van der Waals surface area contributed by atoms with Crippen molar-refractivity contribution in [1.82, 2.24) is 34.9 Å². The van der Waals surface area contributed by atoms with Gasteiger partial charge in [0.1, 0.15) is 18.0 Å². The van der Waals surface area contributed by atoms with Gasteiger partial charge in [0.25, 0.3) is 5.91 Å². The fourth-order valence-corrected chi connectivity index (χ4v) is 4.71. The maximum Gasteiger partial charge on any atom is 0.290 e. The van der Waals surface area contributed by atoms with Crippen molar-refractivity contribution in [2.24, 2.45) is 5.92 Å². The second-order valence-electron chi connectivity index (χ2n) is 9.39. The quantitative estimate of drug-likeness (QED) is 0.441. The van der Waals surface area contributed by atoms with Gasteiger partial charge in [-0.15, -0.1) is 0 Å². The summed E-state index contributed by atoms with van der Waals surface area (Å²) in [5.74, 6) is 1.13. The second kappa shape index (κ2) is 11.1. The molecule has 1 aliphatic heterocycles. The maximum absolute atomic E-state index is 14.0. The Kier molecular flexibility index (Phi) is 7.89. The van der Waals surface area contributed by atoms with Crippen molar-refractivity contribution in [1.29, 1.82) is 0 Å². The van der Waals surface area contributed by atoms with Crippen molar-refractivity contribution in [3.63, 3.8) is 0 Å². The minimum absolute atomic E-state index is 0.0164. The smallest absolute Gasteiger partial charge is 0.290 e. The van der Waals surface area contributed by atoms with Gasteiger partial charge in [0.05, 0.1) is 11.0 Å². The van der Waals surface area contributed by atoms with Crippen LogP contribution in [-0.2, 0) is 11.3 Å². The third-order valence-corrected chi connectivity index (χ3v) is 6.29. The van der Waals surface area contributed by atoms with Gasteiger partial charge in [-0.2, -0.15) is 5.10 Å². The van der Waals surface area contributed by atoms with E-state index in [1.165, 1.54) is 18.5 Å². The van der Waals surface area contributed by atoms with Crippen LogP contribution in [0.1, 0.15) is 55.5 Å². The number of fused-ring (bicyclic) bond motifs is 1. The largest absolute Gasteiger partial charge is 0.385 e. The summed E-state index contributed by atoms with van der Waals surface area (Å²) in [7, 11) is 1.68. The third kappa shape index (κ3) is 5.44. The number of rotatable bonds is 10. The summed E-state index contributed by atoms with van der Waals surface area (Å²) in [6.07, 6.45) is 4.00. The Hall–Kier alpha value is -2.85. The van der Waals surface area contributed by atoms with E-state index in [1.807, 2.05) is 9.47 Å². The Bertz CT molecular complexity index is 1080. The molecule has 2 N–H and O–H groups in total. The van der Waals surface area contributed by atoms with Crippen LogP contribution in [0.3, 0.4) is 0 Å². The minimum Gasteiger partial charge on any atom is -0.385 e. The average molecular weight is 472 g/mol. The fraction of sp³-hybridized carbons (Fsp3) is 0.583. The Labute approximate surface area is 199 Å². The van der Waals surface area contributed by atoms with Crippen molar-refractivity contribution in [2.45, 2.75) is 51.6 Å². The Morgan fingerprint density at radius 3 is 2.91 bits per heavy atom. The summed E-state index contributed by atoms with van der Waals surface area (Å²) in [6, 6.07) is 4.51. The zero-order valence-electron chi connectivity index (χ0n) is 20.1. The summed E-state index contributed by atoms with van der Waals surface area (Å²) >= 11 is 0. The number of nitrogens with zero attached hydrogens (tertiary/aromatic N) is 5. The highest BCUT2D eigenvalue weighted by atomic mass is 19.1. The number of hydrogen-bond donors (Lipinski definition) is 2. The molecule has 184 valence electrons. The van der Waals surface area contributed by atoms with Gasteiger partial charge in [-0.1, -0.05) is 13.8 Å². The summed E-state index contributed by atoms with van der Waals surface area (Å²) in [4.78, 5) is 24.9. The molecule has 3 heterocycles. The maximum atomic E-state index is 14.0. The molecule has 1 aliphatic rings. The predicted octanol–water partition coefficient (Wildman–Crippen LogP) is 2.96. The molecular formula is C24H34FN7O2. The lowest BCUT2D eigenvalue weighted by Crippen LogP contribution is -2.52. The summed E-state index contributed by atoms with van der Waals surface area (Å²) < 4.78 is 21.1. The molecule has 0 unspecified atom stereocenters. The van der Waals surface area contributed by atoms with E-state index in [9.17, 15) is 9.18 Å². The Morgan fingerprint density at radius 2 is 2.18 bits per heavy atom. The Morgan fingerprint density at radius 1 is 1.32 bits per heavy atom. The van der Waals surface area contributed by atoms with E-state index in [2.05, 4.69) is 39.3 Å². The lowest BCUT2D eigenvalue weighted by atomic mass is 9.93. The number of piperidine rings is 1. The van der Waals surface area contributed by atoms with Crippen molar-refractivity contribution < 1.29 is 13.9 Å². The molecule has 2 aromatic heterocycles. The molecular weight excluding hydrogens is 437 g/mol. The first kappa shape index (κ1) is 24.3. The van der Waals surface area contributed by atoms with Crippen molar-refractivity contribution in [3.05, 3.63) is 42.0 Å². The van der Waals surface area contributed by atoms with E-state index in [1.54, 1.807) is 13.2 Å². The van der Waals surface area contributed by atoms with E-state index < -0.39 is 0 Å². The lowest BCUT2D eigenvalue weighted by molar-refractivity contribution is 0.0590. The van der Waals surface area contributed by atoms with E-state index in [4.69, 9.17) is 4.74 Å². The summed E-state index contributed by atoms with van der Waals surface area (Å²) in [5, 5.41) is 10.4. The number of benzene rings is 1. The van der Waals surface area contributed by atoms with E-state index >= 15 is 0 Å². The number of carbonyl (C=O) groups excluding carboxylic acids is 1. The normalized spacial score (nSPS) is 18.6. The van der Waals surface area contributed by atoms with Crippen molar-refractivity contribution in [3.8, 4) is 0 Å². The third-order valence-electron chi connectivity index (χ3n) is 6.29. The lowest BCUT2D eigenvalue weighted by Gasteiger charge is -2.38. The standard InChI is InChI=1S/C24H34FN7O2/c1-16(2)14-32(19-10-17(12-26-13-19)22-27-15-28-30-22)24(33)23-29-20-11-18(25)6-7-21(20)31(23)8-4-5-9-34-3/h6-7,11,15-17,19,26H,4-5,8-10,12-14H2,1-3H3,(H,27,28,30)/t17-,19+/m1/s1. The molecule has 0 aliphatic carbocycles. The van der Waals surface area contributed by atoms with Gasteiger partial charge >= 0.3 is 0 Å².